The van der Waals surface area contributed by atoms with Crippen molar-refractivity contribution in [2.24, 2.45) is 0 Å². The van der Waals surface area contributed by atoms with E-state index in [-0.39, 0.29) is 0 Å². The maximum Gasteiger partial charge on any atom is 0.0380 e. The van der Waals surface area contributed by atoms with Crippen LogP contribution in [0.1, 0.15) is 0 Å². The Kier molecular flexibility index (Phi) is 10.9. The van der Waals surface area contributed by atoms with Crippen LogP contribution in [0, 0.1) is 0 Å². The number of hydrogen-bond donors (Lipinski definition) is 2. The topological polar surface area (TPSA) is 69.2 Å². The normalized spacial score (nSPS) is 10.4. The van der Waals surface area contributed by atoms with E-state index in [1.807, 2.05) is 0 Å². The highest BCUT2D eigenvalue weighted by molar-refractivity contribution is 7.94. The summed E-state index contributed by atoms with van der Waals surface area (Å²) >= 11 is 2.02. The highest BCUT2D eigenvalue weighted by Gasteiger charge is 1.90. The molecule has 2 N–H and O–H groups in total. The summed E-state index contributed by atoms with van der Waals surface area (Å²) < 4.78 is 8.49. The van der Waals surface area contributed by atoms with Gasteiger partial charge in [-0.3, -0.25) is 0 Å². The van der Waals surface area contributed by atoms with Gasteiger partial charge in [-0.1, -0.05) is 5.04 Å². The van der Waals surface area contributed by atoms with Crippen LogP contribution in [0.4, 0.5) is 0 Å². The average molecular weight is 203 g/mol. The van der Waals surface area contributed by atoms with Crippen molar-refractivity contribution in [3.8, 4) is 0 Å². The summed E-state index contributed by atoms with van der Waals surface area (Å²) in [7, 11) is 0. The molecule has 11 heavy (non-hydrogen) atoms. The van der Waals surface area contributed by atoms with Gasteiger partial charge < -0.3 is 0 Å². The molecule has 0 amide bonds. The van der Waals surface area contributed by atoms with Crippen LogP contribution in [0.3, 0.4) is 0 Å². The summed E-state index contributed by atoms with van der Waals surface area (Å²) in [6.45, 7) is 0.509. The van der Waals surface area contributed by atoms with Gasteiger partial charge in [0, 0.05) is 42.6 Å². The molecule has 0 fully saturated rings. The first-order chi connectivity index (χ1) is 5.41. The second-order valence-corrected chi connectivity index (χ2v) is 2.43. The smallest absolute Gasteiger partial charge is 0.0380 e. The molecule has 0 aromatic carbocycles. The molecule has 0 unspecified atom stereocenters. The quantitative estimate of drug-likeness (QED) is 0.260. The molecular formula is C3H9NO5S2. The third-order valence-electron chi connectivity index (χ3n) is 0.527. The van der Waals surface area contributed by atoms with E-state index in [4.69, 9.17) is 5.26 Å². The molecule has 0 aromatic heterocycles. The van der Waals surface area contributed by atoms with Crippen molar-refractivity contribution in [1.29, 1.82) is 0 Å². The van der Waals surface area contributed by atoms with E-state index in [1.54, 1.807) is 6.26 Å². The molecule has 0 heterocycles. The molecule has 0 aromatic rings. The molecule has 0 spiro atoms. The molecule has 0 saturated heterocycles. The van der Waals surface area contributed by atoms with Crippen molar-refractivity contribution in [3.05, 3.63) is 0 Å². The Morgan fingerprint density at radius 3 is 2.91 bits per heavy atom. The lowest BCUT2D eigenvalue weighted by Crippen LogP contribution is -2.16. The van der Waals surface area contributed by atoms with Crippen LogP contribution in [0.5, 0.6) is 0 Å². The Hall–Kier alpha value is 0.460. The number of nitrogens with one attached hydrogen (secondary N) is 1. The largest absolute Gasteiger partial charge is 0.220 e. The zero-order valence-electron chi connectivity index (χ0n) is 5.81. The monoisotopic (exact) mass is 203 g/mol. The van der Waals surface area contributed by atoms with Crippen LogP contribution < -0.4 is 5.48 Å². The minimum absolute atomic E-state index is 0.509. The van der Waals surface area contributed by atoms with Gasteiger partial charge in [-0.2, -0.15) is 5.48 Å². The molecule has 0 aliphatic carbocycles. The molecule has 8 heteroatoms. The highest BCUT2D eigenvalue weighted by atomic mass is 32.2. The van der Waals surface area contributed by atoms with E-state index in [9.17, 15) is 0 Å². The lowest BCUT2D eigenvalue weighted by molar-refractivity contribution is -0.432. The second kappa shape index (κ2) is 10.5. The number of hydrogen-bond acceptors (Lipinski definition) is 8. The Balaban J connectivity index is 2.69. The van der Waals surface area contributed by atoms with Gasteiger partial charge in [-0.15, -0.1) is 13.7 Å². The highest BCUT2D eigenvalue weighted by Crippen LogP contribution is 1.99. The molecule has 0 rings (SSSR count). The van der Waals surface area contributed by atoms with Gasteiger partial charge in [0.2, 0.25) is 0 Å². The summed E-state index contributed by atoms with van der Waals surface area (Å²) in [6.07, 6.45) is 1.72. The fourth-order valence-corrected chi connectivity index (χ4v) is 0.633. The molecule has 0 bridgehead atoms. The Morgan fingerprint density at radius 2 is 2.27 bits per heavy atom. The van der Waals surface area contributed by atoms with E-state index in [2.05, 4.69) is 24.2 Å². The van der Waals surface area contributed by atoms with Crippen molar-refractivity contribution in [2.75, 3.05) is 18.6 Å². The third-order valence-corrected chi connectivity index (χ3v) is 1.26. The Bertz CT molecular complexity index is 68.7. The first kappa shape index (κ1) is 11.5. The third kappa shape index (κ3) is 10.5. The standard InChI is InChI=1S/C3H9NO5S2/c1-10-8-6-4-2-3-11-9-7-5/h4-5H,2-3H2,1H3. The summed E-state index contributed by atoms with van der Waals surface area (Å²) in [6, 6.07) is 0. The van der Waals surface area contributed by atoms with Gasteiger partial charge in [-0.25, -0.2) is 5.26 Å². The number of hydroxylamine groups is 1. The molecule has 0 atom stereocenters. The van der Waals surface area contributed by atoms with Gasteiger partial charge in [0.25, 0.3) is 0 Å². The fraction of sp³-hybridized carbons (Fsp3) is 1.00. The van der Waals surface area contributed by atoms with Crippen LogP contribution in [0.15, 0.2) is 0 Å². The van der Waals surface area contributed by atoms with Gasteiger partial charge in [-0.05, 0) is 0 Å². The summed E-state index contributed by atoms with van der Waals surface area (Å²) in [5.41, 5.74) is 2.46. The fourth-order valence-electron chi connectivity index (χ4n) is 0.239. The van der Waals surface area contributed by atoms with Gasteiger partial charge in [0.15, 0.2) is 0 Å². The molecule has 0 aliphatic heterocycles. The van der Waals surface area contributed by atoms with Crippen molar-refractivity contribution < 1.29 is 24.0 Å². The van der Waals surface area contributed by atoms with Gasteiger partial charge >= 0.3 is 0 Å². The summed E-state index contributed by atoms with van der Waals surface area (Å²) in [5, 5.41) is 11.0. The summed E-state index contributed by atoms with van der Waals surface area (Å²) in [4.78, 5) is 4.40. The molecular weight excluding hydrogens is 194 g/mol. The van der Waals surface area contributed by atoms with Gasteiger partial charge in [0.05, 0.1) is 0 Å². The van der Waals surface area contributed by atoms with E-state index < -0.39 is 0 Å². The lowest BCUT2D eigenvalue weighted by Gasteiger charge is -1.99. The van der Waals surface area contributed by atoms with E-state index in [0.717, 1.165) is 24.1 Å². The maximum absolute atomic E-state index is 7.68. The van der Waals surface area contributed by atoms with Crippen LogP contribution in [0.25, 0.3) is 0 Å². The number of rotatable bonds is 8. The zero-order chi connectivity index (χ0) is 8.36. The Labute approximate surface area is 72.7 Å². The molecule has 6 nitrogen and oxygen atoms in total. The second-order valence-electron chi connectivity index (χ2n) is 1.18. The van der Waals surface area contributed by atoms with Crippen molar-refractivity contribution in [1.82, 2.24) is 5.48 Å². The van der Waals surface area contributed by atoms with E-state index in [1.165, 1.54) is 0 Å². The molecule has 0 aliphatic rings. The predicted octanol–water partition coefficient (Wildman–Crippen LogP) is 0.787. The van der Waals surface area contributed by atoms with Crippen LogP contribution in [0.2, 0.25) is 0 Å². The average Bonchev–Trinajstić information content (AvgIpc) is 2.03. The van der Waals surface area contributed by atoms with Crippen molar-refractivity contribution in [3.63, 3.8) is 0 Å². The molecule has 0 radical (unpaired) electrons. The van der Waals surface area contributed by atoms with E-state index >= 15 is 0 Å². The first-order valence-electron chi connectivity index (χ1n) is 2.60. The van der Waals surface area contributed by atoms with Crippen LogP contribution >= 0.6 is 24.1 Å². The van der Waals surface area contributed by atoms with Crippen LogP contribution in [-0.2, 0) is 18.7 Å². The predicted molar refractivity (Wildman–Crippen MR) is 40.9 cm³/mol. The van der Waals surface area contributed by atoms with E-state index in [0.29, 0.717) is 12.3 Å². The minimum Gasteiger partial charge on any atom is -0.220 e. The molecule has 68 valence electrons. The zero-order valence-corrected chi connectivity index (χ0v) is 7.44. The van der Waals surface area contributed by atoms with Gasteiger partial charge in [0.1, 0.15) is 0 Å². The van der Waals surface area contributed by atoms with Crippen LogP contribution in [-0.4, -0.2) is 23.8 Å². The van der Waals surface area contributed by atoms with Crippen molar-refractivity contribution >= 4 is 24.1 Å². The Morgan fingerprint density at radius 1 is 1.45 bits per heavy atom. The minimum atomic E-state index is 0.509. The van der Waals surface area contributed by atoms with Crippen molar-refractivity contribution in [2.45, 2.75) is 0 Å². The maximum atomic E-state index is 7.68. The molecule has 0 saturated carbocycles. The summed E-state index contributed by atoms with van der Waals surface area (Å²) in [5.74, 6) is 0.554. The first-order valence-corrected chi connectivity index (χ1v) is 4.66. The lowest BCUT2D eigenvalue weighted by atomic mass is 10.8. The SMILES string of the molecule is CSOONCCSOOO.